The predicted octanol–water partition coefficient (Wildman–Crippen LogP) is 0.733. The van der Waals surface area contributed by atoms with E-state index in [1.807, 2.05) is 18.2 Å². The van der Waals surface area contributed by atoms with Gasteiger partial charge in [0.1, 0.15) is 0 Å². The van der Waals surface area contributed by atoms with Gasteiger partial charge in [-0.25, -0.2) is 13.4 Å². The van der Waals surface area contributed by atoms with Gasteiger partial charge in [0, 0.05) is 6.54 Å². The summed E-state index contributed by atoms with van der Waals surface area (Å²) in [5.41, 5.74) is 1.28. The summed E-state index contributed by atoms with van der Waals surface area (Å²) in [4.78, 5) is 6.36. The summed E-state index contributed by atoms with van der Waals surface area (Å²) in [5, 5.41) is 2.53. The molecular weight excluding hydrogens is 288 g/mol. The van der Waals surface area contributed by atoms with Gasteiger partial charge in [-0.3, -0.25) is 9.62 Å². The van der Waals surface area contributed by atoms with E-state index in [1.54, 1.807) is 13.8 Å². The number of sulfonamides is 1. The van der Waals surface area contributed by atoms with Gasteiger partial charge in [0.2, 0.25) is 16.0 Å². The molecule has 6 nitrogen and oxygen atoms in total. The van der Waals surface area contributed by atoms with Crippen molar-refractivity contribution in [2.75, 3.05) is 19.9 Å². The van der Waals surface area contributed by atoms with Gasteiger partial charge < -0.3 is 5.32 Å². The van der Waals surface area contributed by atoms with Crippen LogP contribution in [0.1, 0.15) is 19.4 Å². The van der Waals surface area contributed by atoms with Gasteiger partial charge in [0.15, 0.2) is 0 Å². The fourth-order valence-electron chi connectivity index (χ4n) is 1.87. The molecule has 0 bridgehead atoms. The smallest absolute Gasteiger partial charge is 0.237 e. The second-order valence-electron chi connectivity index (χ2n) is 5.31. The Morgan fingerprint density at radius 1 is 1.33 bits per heavy atom. The van der Waals surface area contributed by atoms with Crippen LogP contribution in [-0.2, 0) is 16.4 Å². The average Bonchev–Trinajstić information content (AvgIpc) is 2.47. The summed E-state index contributed by atoms with van der Waals surface area (Å²) in [7, 11) is -3.33. The van der Waals surface area contributed by atoms with E-state index in [1.165, 1.54) is 5.56 Å². The van der Waals surface area contributed by atoms with E-state index in [9.17, 15) is 8.42 Å². The third kappa shape index (κ3) is 4.71. The van der Waals surface area contributed by atoms with Crippen molar-refractivity contribution < 1.29 is 8.42 Å². The largest absolute Gasteiger partial charge is 0.343 e. The Kier molecular flexibility index (Phi) is 5.19. The van der Waals surface area contributed by atoms with Gasteiger partial charge in [0.25, 0.3) is 0 Å². The van der Waals surface area contributed by atoms with Gasteiger partial charge in [-0.2, -0.15) is 0 Å². The zero-order valence-corrected chi connectivity index (χ0v) is 13.2. The number of hydrogen-bond donors (Lipinski definition) is 2. The van der Waals surface area contributed by atoms with Crippen LogP contribution in [0.25, 0.3) is 0 Å². The van der Waals surface area contributed by atoms with Crippen LogP contribution in [0.4, 0.5) is 0 Å². The van der Waals surface area contributed by atoms with Crippen LogP contribution in [0.3, 0.4) is 0 Å². The molecule has 0 spiro atoms. The van der Waals surface area contributed by atoms with Crippen molar-refractivity contribution in [3.05, 3.63) is 35.9 Å². The van der Waals surface area contributed by atoms with E-state index in [4.69, 9.17) is 0 Å². The second-order valence-corrected chi connectivity index (χ2v) is 7.55. The first-order valence-electron chi connectivity index (χ1n) is 7.03. The molecule has 1 aromatic rings. The lowest BCUT2D eigenvalue weighted by atomic mass is 10.1. The fourth-order valence-corrected chi connectivity index (χ4v) is 2.51. The molecule has 2 N–H and O–H groups in total. The standard InChI is InChI=1S/C14H22N4O2S/c1-12(2)21(19,20)17-14-15-10-18(11-16-14)9-8-13-6-4-3-5-7-13/h3-7,12H,8-11H2,1-2H3,(H2,15,16,17). The minimum atomic E-state index is -3.33. The van der Waals surface area contributed by atoms with Crippen LogP contribution in [0.15, 0.2) is 35.3 Å². The lowest BCUT2D eigenvalue weighted by molar-refractivity contribution is 0.267. The minimum Gasteiger partial charge on any atom is -0.343 e. The van der Waals surface area contributed by atoms with E-state index in [2.05, 4.69) is 32.1 Å². The molecular formula is C14H22N4O2S. The quantitative estimate of drug-likeness (QED) is 0.841. The van der Waals surface area contributed by atoms with Crippen molar-refractivity contribution in [3.63, 3.8) is 0 Å². The Balaban J connectivity index is 1.82. The molecule has 2 rings (SSSR count). The van der Waals surface area contributed by atoms with Crippen molar-refractivity contribution in [2.24, 2.45) is 4.99 Å². The third-order valence-electron chi connectivity index (χ3n) is 3.32. The number of rotatable bonds is 5. The number of guanidine groups is 1. The lowest BCUT2D eigenvalue weighted by Gasteiger charge is -2.27. The summed E-state index contributed by atoms with van der Waals surface area (Å²) in [5.74, 6) is 0.333. The van der Waals surface area contributed by atoms with Crippen molar-refractivity contribution >= 4 is 16.0 Å². The molecule has 1 aromatic carbocycles. The predicted molar refractivity (Wildman–Crippen MR) is 84.3 cm³/mol. The van der Waals surface area contributed by atoms with Crippen molar-refractivity contribution in [1.29, 1.82) is 0 Å². The van der Waals surface area contributed by atoms with Crippen molar-refractivity contribution in [2.45, 2.75) is 25.5 Å². The Morgan fingerprint density at radius 2 is 2.05 bits per heavy atom. The average molecular weight is 310 g/mol. The highest BCUT2D eigenvalue weighted by molar-refractivity contribution is 7.90. The monoisotopic (exact) mass is 310 g/mol. The summed E-state index contributed by atoms with van der Waals surface area (Å²) in [6, 6.07) is 10.3. The van der Waals surface area contributed by atoms with E-state index >= 15 is 0 Å². The highest BCUT2D eigenvalue weighted by Gasteiger charge is 2.20. The van der Waals surface area contributed by atoms with Gasteiger partial charge in [-0.1, -0.05) is 30.3 Å². The molecule has 1 aliphatic heterocycles. The van der Waals surface area contributed by atoms with Crippen LogP contribution in [0.2, 0.25) is 0 Å². The maximum atomic E-state index is 11.7. The number of nitrogens with one attached hydrogen (secondary N) is 2. The molecule has 7 heteroatoms. The number of benzene rings is 1. The van der Waals surface area contributed by atoms with Gasteiger partial charge in [0.05, 0.1) is 18.6 Å². The molecule has 1 aliphatic rings. The van der Waals surface area contributed by atoms with E-state index in [0.717, 1.165) is 13.0 Å². The normalized spacial score (nSPS) is 16.4. The van der Waals surface area contributed by atoms with Gasteiger partial charge in [-0.15, -0.1) is 0 Å². The van der Waals surface area contributed by atoms with Crippen molar-refractivity contribution in [3.8, 4) is 0 Å². The van der Waals surface area contributed by atoms with Gasteiger partial charge >= 0.3 is 0 Å². The van der Waals surface area contributed by atoms with E-state index < -0.39 is 15.3 Å². The second kappa shape index (κ2) is 6.91. The number of aliphatic imine (C=N–C) groups is 1. The molecule has 0 aliphatic carbocycles. The minimum absolute atomic E-state index is 0.333. The molecule has 116 valence electrons. The molecule has 21 heavy (non-hydrogen) atoms. The molecule has 0 atom stereocenters. The first-order valence-corrected chi connectivity index (χ1v) is 8.58. The SMILES string of the molecule is CC(C)S(=O)(=O)NC1=NCN(CCc2ccccc2)CN1. The highest BCUT2D eigenvalue weighted by Crippen LogP contribution is 2.03. The molecule has 0 aromatic heterocycles. The summed E-state index contributed by atoms with van der Waals surface area (Å²) >= 11 is 0. The van der Waals surface area contributed by atoms with Crippen LogP contribution in [-0.4, -0.2) is 44.4 Å². The van der Waals surface area contributed by atoms with E-state index in [-0.39, 0.29) is 0 Å². The zero-order valence-electron chi connectivity index (χ0n) is 12.4. The maximum absolute atomic E-state index is 11.7. The Morgan fingerprint density at radius 3 is 2.62 bits per heavy atom. The molecule has 0 unspecified atom stereocenters. The lowest BCUT2D eigenvalue weighted by Crippen LogP contribution is -2.51. The molecule has 0 saturated heterocycles. The zero-order chi connectivity index (χ0) is 15.3. The third-order valence-corrected chi connectivity index (χ3v) is 5.04. The van der Waals surface area contributed by atoms with Crippen LogP contribution in [0.5, 0.6) is 0 Å². The van der Waals surface area contributed by atoms with Gasteiger partial charge in [-0.05, 0) is 25.8 Å². The Labute approximate surface area is 126 Å². The number of hydrogen-bond acceptors (Lipinski definition) is 5. The summed E-state index contributed by atoms with van der Waals surface area (Å²) in [6.07, 6.45) is 0.949. The highest BCUT2D eigenvalue weighted by atomic mass is 32.2. The molecule has 0 amide bonds. The van der Waals surface area contributed by atoms with Crippen LogP contribution >= 0.6 is 0 Å². The van der Waals surface area contributed by atoms with Crippen LogP contribution in [0, 0.1) is 0 Å². The topological polar surface area (TPSA) is 73.8 Å². The fraction of sp³-hybridized carbons (Fsp3) is 0.500. The number of nitrogens with zero attached hydrogens (tertiary/aromatic N) is 2. The van der Waals surface area contributed by atoms with Crippen LogP contribution < -0.4 is 10.0 Å². The molecule has 1 heterocycles. The maximum Gasteiger partial charge on any atom is 0.237 e. The van der Waals surface area contributed by atoms with E-state index in [0.29, 0.717) is 19.3 Å². The first kappa shape index (κ1) is 15.8. The first-order chi connectivity index (χ1) is 9.97. The molecule has 0 fully saturated rings. The van der Waals surface area contributed by atoms with Crippen molar-refractivity contribution in [1.82, 2.24) is 14.9 Å². The Bertz CT molecular complexity index is 584. The summed E-state index contributed by atoms with van der Waals surface area (Å²) < 4.78 is 26.0. The molecule has 0 saturated carbocycles. The Hall–Kier alpha value is -1.60. The summed E-state index contributed by atoms with van der Waals surface area (Å²) in [6.45, 7) is 5.24. The molecule has 0 radical (unpaired) electrons.